The van der Waals surface area contributed by atoms with Crippen molar-refractivity contribution in [2.45, 2.75) is 70.3 Å². The van der Waals surface area contributed by atoms with Crippen LogP contribution < -0.4 is 5.32 Å². The summed E-state index contributed by atoms with van der Waals surface area (Å²) in [5.41, 5.74) is 0. The van der Waals surface area contributed by atoms with Gasteiger partial charge in [-0.1, -0.05) is 25.7 Å². The maximum Gasteiger partial charge on any atom is 0.193 e. The molecule has 1 saturated heterocycles. The van der Waals surface area contributed by atoms with Crippen molar-refractivity contribution < 1.29 is 4.74 Å². The molecule has 0 spiro atoms. The van der Waals surface area contributed by atoms with Gasteiger partial charge < -0.3 is 15.0 Å². The van der Waals surface area contributed by atoms with E-state index in [2.05, 4.69) is 32.3 Å². The van der Waals surface area contributed by atoms with Crippen LogP contribution in [0.2, 0.25) is 0 Å². The maximum absolute atomic E-state index is 6.07. The van der Waals surface area contributed by atoms with Gasteiger partial charge in [0.25, 0.3) is 0 Å². The Bertz CT molecular complexity index is 516. The number of piperidine rings is 1. The summed E-state index contributed by atoms with van der Waals surface area (Å²) < 4.78 is 6.07. The zero-order valence-corrected chi connectivity index (χ0v) is 16.1. The molecule has 2 heterocycles. The maximum atomic E-state index is 6.07. The van der Waals surface area contributed by atoms with Crippen LogP contribution in [-0.2, 0) is 4.74 Å². The van der Waals surface area contributed by atoms with E-state index in [0.29, 0.717) is 12.0 Å². The molecule has 2 fully saturated rings. The Kier molecular flexibility index (Phi) is 7.73. The fourth-order valence-electron chi connectivity index (χ4n) is 3.98. The number of aromatic nitrogens is 3. The van der Waals surface area contributed by atoms with Crippen molar-refractivity contribution >= 4 is 5.96 Å². The first kappa shape index (κ1) is 19.1. The molecule has 0 aromatic carbocycles. The number of likely N-dealkylation sites (tertiary alicyclic amines) is 1. The average molecular weight is 363 g/mol. The molecule has 0 bridgehead atoms. The normalized spacial score (nSPS) is 21.0. The molecule has 0 amide bonds. The molecular weight excluding hydrogens is 328 g/mol. The Labute approximate surface area is 157 Å². The van der Waals surface area contributed by atoms with Gasteiger partial charge in [-0.2, -0.15) is 5.10 Å². The smallest absolute Gasteiger partial charge is 0.193 e. The molecule has 3 rings (SSSR count). The topological polar surface area (TPSA) is 78.4 Å². The van der Waals surface area contributed by atoms with E-state index >= 15 is 0 Å². The monoisotopic (exact) mass is 362 g/mol. The second-order valence-electron chi connectivity index (χ2n) is 7.35. The molecule has 2 N–H and O–H groups in total. The minimum absolute atomic E-state index is 0.452. The standard InChI is InChI=1S/C19H34N6O/c1-2-20-19(21-11-14-26-17-7-5-3-4-6-8-17)25-12-9-16(10-13-25)18-22-15-23-24-18/h15-17H,2-14H2,1H3,(H,20,21)(H,22,23,24). The largest absolute Gasteiger partial charge is 0.376 e. The van der Waals surface area contributed by atoms with Crippen LogP contribution in [0, 0.1) is 0 Å². The van der Waals surface area contributed by atoms with Gasteiger partial charge in [-0.3, -0.25) is 10.1 Å². The Hall–Kier alpha value is -1.63. The van der Waals surface area contributed by atoms with Gasteiger partial charge in [-0.15, -0.1) is 0 Å². The molecule has 146 valence electrons. The van der Waals surface area contributed by atoms with E-state index in [4.69, 9.17) is 9.73 Å². The molecule has 2 aliphatic rings. The van der Waals surface area contributed by atoms with Gasteiger partial charge in [0.2, 0.25) is 0 Å². The highest BCUT2D eigenvalue weighted by Crippen LogP contribution is 2.25. The van der Waals surface area contributed by atoms with Gasteiger partial charge in [-0.05, 0) is 32.6 Å². The Balaban J connectivity index is 1.43. The summed E-state index contributed by atoms with van der Waals surface area (Å²) in [4.78, 5) is 11.5. The van der Waals surface area contributed by atoms with Crippen LogP contribution in [0.15, 0.2) is 11.3 Å². The summed E-state index contributed by atoms with van der Waals surface area (Å²) in [6.07, 6.45) is 12.0. The number of nitrogens with zero attached hydrogens (tertiary/aromatic N) is 4. The van der Waals surface area contributed by atoms with E-state index in [-0.39, 0.29) is 0 Å². The van der Waals surface area contributed by atoms with E-state index < -0.39 is 0 Å². The molecule has 0 unspecified atom stereocenters. The van der Waals surface area contributed by atoms with Gasteiger partial charge in [0, 0.05) is 25.6 Å². The molecule has 1 aliphatic carbocycles. The first-order valence-electron chi connectivity index (χ1n) is 10.4. The highest BCUT2D eigenvalue weighted by atomic mass is 16.5. The van der Waals surface area contributed by atoms with Crippen molar-refractivity contribution in [3.8, 4) is 0 Å². The lowest BCUT2D eigenvalue weighted by Gasteiger charge is -2.33. The summed E-state index contributed by atoms with van der Waals surface area (Å²) in [6.45, 7) is 6.49. The molecule has 26 heavy (non-hydrogen) atoms. The number of aliphatic imine (C=N–C) groups is 1. The number of ether oxygens (including phenoxy) is 1. The lowest BCUT2D eigenvalue weighted by molar-refractivity contribution is 0.0486. The van der Waals surface area contributed by atoms with Crippen LogP contribution in [0.4, 0.5) is 0 Å². The number of rotatable bonds is 6. The first-order chi connectivity index (χ1) is 12.9. The van der Waals surface area contributed by atoms with E-state index in [0.717, 1.165) is 57.4 Å². The number of guanidine groups is 1. The van der Waals surface area contributed by atoms with Crippen LogP contribution in [0.5, 0.6) is 0 Å². The number of H-pyrrole nitrogens is 1. The second-order valence-corrected chi connectivity index (χ2v) is 7.35. The average Bonchev–Trinajstić information content (AvgIpc) is 3.09. The minimum atomic E-state index is 0.452. The fraction of sp³-hybridized carbons (Fsp3) is 0.842. The zero-order valence-electron chi connectivity index (χ0n) is 16.1. The van der Waals surface area contributed by atoms with Crippen LogP contribution in [0.25, 0.3) is 0 Å². The third-order valence-electron chi connectivity index (χ3n) is 5.46. The quantitative estimate of drug-likeness (QED) is 0.352. The zero-order chi connectivity index (χ0) is 18.0. The van der Waals surface area contributed by atoms with Crippen LogP contribution in [0.1, 0.15) is 70.0 Å². The molecule has 1 saturated carbocycles. The molecule has 1 aromatic heterocycles. The molecule has 7 heteroatoms. The molecule has 1 aromatic rings. The third kappa shape index (κ3) is 5.69. The molecule has 7 nitrogen and oxygen atoms in total. The van der Waals surface area contributed by atoms with Gasteiger partial charge in [-0.25, -0.2) is 4.98 Å². The summed E-state index contributed by atoms with van der Waals surface area (Å²) in [7, 11) is 0. The number of hydrogen-bond donors (Lipinski definition) is 2. The Morgan fingerprint density at radius 2 is 2.00 bits per heavy atom. The van der Waals surface area contributed by atoms with E-state index in [1.54, 1.807) is 6.33 Å². The lowest BCUT2D eigenvalue weighted by atomic mass is 9.96. The highest BCUT2D eigenvalue weighted by molar-refractivity contribution is 5.80. The van der Waals surface area contributed by atoms with Gasteiger partial charge in [0.05, 0.1) is 19.3 Å². The van der Waals surface area contributed by atoms with Crippen LogP contribution >= 0.6 is 0 Å². The second kappa shape index (κ2) is 10.5. The summed E-state index contributed by atoms with van der Waals surface area (Å²) >= 11 is 0. The van der Waals surface area contributed by atoms with E-state index in [1.807, 2.05) is 0 Å². The van der Waals surface area contributed by atoms with Crippen molar-refractivity contribution in [3.63, 3.8) is 0 Å². The predicted octanol–water partition coefficient (Wildman–Crippen LogP) is 2.69. The number of nitrogens with one attached hydrogen (secondary N) is 2. The van der Waals surface area contributed by atoms with Crippen molar-refractivity contribution in [1.29, 1.82) is 0 Å². The van der Waals surface area contributed by atoms with Crippen LogP contribution in [0.3, 0.4) is 0 Å². The highest BCUT2D eigenvalue weighted by Gasteiger charge is 2.24. The predicted molar refractivity (Wildman–Crippen MR) is 103 cm³/mol. The summed E-state index contributed by atoms with van der Waals surface area (Å²) in [5, 5.41) is 10.4. The fourth-order valence-corrected chi connectivity index (χ4v) is 3.98. The minimum Gasteiger partial charge on any atom is -0.376 e. The molecule has 0 atom stereocenters. The molecular formula is C19H34N6O. The lowest BCUT2D eigenvalue weighted by Crippen LogP contribution is -2.45. The van der Waals surface area contributed by atoms with Crippen molar-refractivity contribution in [1.82, 2.24) is 25.4 Å². The molecule has 0 radical (unpaired) electrons. The number of hydrogen-bond acceptors (Lipinski definition) is 4. The van der Waals surface area contributed by atoms with Gasteiger partial charge >= 0.3 is 0 Å². The Morgan fingerprint density at radius 3 is 2.65 bits per heavy atom. The number of aromatic amines is 1. The summed E-state index contributed by atoms with van der Waals surface area (Å²) in [6, 6.07) is 0. The van der Waals surface area contributed by atoms with Crippen LogP contribution in [-0.4, -0.2) is 64.9 Å². The SMILES string of the molecule is CCNC(=NCCOC1CCCCCC1)N1CCC(c2ncn[nH]2)CC1. The first-order valence-corrected chi connectivity index (χ1v) is 10.4. The van der Waals surface area contributed by atoms with Gasteiger partial charge in [0.15, 0.2) is 5.96 Å². The van der Waals surface area contributed by atoms with Crippen molar-refractivity contribution in [3.05, 3.63) is 12.2 Å². The van der Waals surface area contributed by atoms with E-state index in [9.17, 15) is 0 Å². The van der Waals surface area contributed by atoms with E-state index in [1.165, 1.54) is 38.5 Å². The molecule has 1 aliphatic heterocycles. The summed E-state index contributed by atoms with van der Waals surface area (Å²) in [5.74, 6) is 2.52. The van der Waals surface area contributed by atoms with Crippen molar-refractivity contribution in [2.24, 2.45) is 4.99 Å². The van der Waals surface area contributed by atoms with Gasteiger partial charge in [0.1, 0.15) is 12.2 Å². The van der Waals surface area contributed by atoms with Crippen molar-refractivity contribution in [2.75, 3.05) is 32.8 Å². The third-order valence-corrected chi connectivity index (χ3v) is 5.46. The Morgan fingerprint density at radius 1 is 1.23 bits per heavy atom.